The fraction of sp³-hybridized carbons (Fsp3) is 0.476. The number of esters is 2. The molecule has 0 unspecified atom stereocenters. The maximum atomic E-state index is 13.1. The number of aryl methyl sites for hydroxylation is 2. The van der Waals surface area contributed by atoms with E-state index in [1.54, 1.807) is 32.9 Å². The lowest BCUT2D eigenvalue weighted by Crippen LogP contribution is -2.37. The molecule has 0 saturated carbocycles. The average molecular weight is 791 g/mol. The van der Waals surface area contributed by atoms with Crippen molar-refractivity contribution >= 4 is 53.0 Å². The van der Waals surface area contributed by atoms with E-state index in [1.165, 1.54) is 20.3 Å². The zero-order valence-corrected chi connectivity index (χ0v) is 34.8. The van der Waals surface area contributed by atoms with E-state index in [9.17, 15) is 24.0 Å². The van der Waals surface area contributed by atoms with E-state index in [1.807, 2.05) is 49.4 Å². The van der Waals surface area contributed by atoms with Crippen molar-refractivity contribution in [2.24, 2.45) is 11.8 Å². The molecule has 2 aromatic carbocycles. The molecular formula is C42H58N6O9. The van der Waals surface area contributed by atoms with Crippen LogP contribution in [0.25, 0.3) is 0 Å². The summed E-state index contributed by atoms with van der Waals surface area (Å²) in [6.45, 7) is 16.1. The van der Waals surface area contributed by atoms with Crippen LogP contribution in [0, 0.1) is 18.8 Å². The molecule has 0 saturated heterocycles. The first kappa shape index (κ1) is 45.5. The molecule has 1 heterocycles. The summed E-state index contributed by atoms with van der Waals surface area (Å²) >= 11 is 0. The molecule has 15 heteroatoms. The maximum absolute atomic E-state index is 13.1. The molecule has 57 heavy (non-hydrogen) atoms. The number of carbonyl (C=O) groups excluding carboxylic acids is 5. The van der Waals surface area contributed by atoms with Crippen molar-refractivity contribution in [1.82, 2.24) is 9.88 Å². The molecule has 310 valence electrons. The number of urea groups is 1. The summed E-state index contributed by atoms with van der Waals surface area (Å²) < 4.78 is 21.0. The van der Waals surface area contributed by atoms with Crippen LogP contribution in [0.2, 0.25) is 0 Å². The van der Waals surface area contributed by atoms with Gasteiger partial charge in [0.2, 0.25) is 6.79 Å². The molecule has 0 aliphatic heterocycles. The number of likely N-dealkylation sites (N-methyl/N-ethyl adjacent to an activating group) is 1. The number of carbonyl (C=O) groups is 5. The predicted molar refractivity (Wildman–Crippen MR) is 219 cm³/mol. The van der Waals surface area contributed by atoms with E-state index in [0.717, 1.165) is 39.7 Å². The Balaban J connectivity index is 1.58. The third-order valence-corrected chi connectivity index (χ3v) is 8.07. The van der Waals surface area contributed by atoms with Crippen LogP contribution in [0.3, 0.4) is 0 Å². The van der Waals surface area contributed by atoms with E-state index in [-0.39, 0.29) is 31.4 Å². The van der Waals surface area contributed by atoms with Crippen LogP contribution in [0.4, 0.5) is 37.3 Å². The Hall–Kier alpha value is -5.86. The van der Waals surface area contributed by atoms with E-state index in [0.29, 0.717) is 35.2 Å². The second-order valence-corrected chi connectivity index (χ2v) is 15.6. The lowest BCUT2D eigenvalue weighted by Gasteiger charge is -2.30. The molecule has 0 aliphatic rings. The Morgan fingerprint density at radius 3 is 2.11 bits per heavy atom. The van der Waals surface area contributed by atoms with Crippen LogP contribution in [0.1, 0.15) is 71.6 Å². The van der Waals surface area contributed by atoms with Crippen LogP contribution in [0.5, 0.6) is 0 Å². The smallest absolute Gasteiger partial charge is 0.418 e. The van der Waals surface area contributed by atoms with Gasteiger partial charge in [0, 0.05) is 51.1 Å². The van der Waals surface area contributed by atoms with Crippen LogP contribution >= 0.6 is 0 Å². The van der Waals surface area contributed by atoms with Gasteiger partial charge >= 0.3 is 30.2 Å². The largest absolute Gasteiger partial charge is 0.459 e. The summed E-state index contributed by atoms with van der Waals surface area (Å²) in [6.07, 6.45) is 0.214. The van der Waals surface area contributed by atoms with Gasteiger partial charge in [0.25, 0.3) is 0 Å². The van der Waals surface area contributed by atoms with Gasteiger partial charge in [0.15, 0.2) is 0 Å². The van der Waals surface area contributed by atoms with Gasteiger partial charge in [-0.2, -0.15) is 0 Å². The molecule has 2 N–H and O–H groups in total. The molecule has 3 rings (SSSR count). The van der Waals surface area contributed by atoms with Gasteiger partial charge in [-0.1, -0.05) is 57.5 Å². The van der Waals surface area contributed by atoms with E-state index in [2.05, 4.69) is 48.2 Å². The van der Waals surface area contributed by atoms with Crippen molar-refractivity contribution in [2.75, 3.05) is 61.0 Å². The van der Waals surface area contributed by atoms with Crippen LogP contribution in [-0.2, 0) is 41.6 Å². The Labute approximate surface area is 336 Å². The summed E-state index contributed by atoms with van der Waals surface area (Å²) in [6, 6.07) is 16.1. The van der Waals surface area contributed by atoms with Crippen LogP contribution < -0.4 is 20.4 Å². The van der Waals surface area contributed by atoms with Crippen molar-refractivity contribution in [3.8, 4) is 0 Å². The van der Waals surface area contributed by atoms with Crippen LogP contribution in [-0.4, -0.2) is 86.2 Å². The van der Waals surface area contributed by atoms with E-state index >= 15 is 0 Å². The predicted octanol–water partition coefficient (Wildman–Crippen LogP) is 7.77. The first-order chi connectivity index (χ1) is 26.8. The van der Waals surface area contributed by atoms with Gasteiger partial charge in [-0.15, -0.1) is 0 Å². The Kier molecular flexibility index (Phi) is 17.1. The average Bonchev–Trinajstić information content (AvgIpc) is 3.12. The van der Waals surface area contributed by atoms with Gasteiger partial charge in [-0.05, 0) is 81.8 Å². The van der Waals surface area contributed by atoms with Crippen molar-refractivity contribution in [3.63, 3.8) is 0 Å². The molecule has 0 aliphatic carbocycles. The number of hydrogen-bond acceptors (Lipinski definition) is 11. The van der Waals surface area contributed by atoms with E-state index in [4.69, 9.17) is 18.9 Å². The lowest BCUT2D eigenvalue weighted by atomic mass is 10.1. The minimum atomic E-state index is -0.860. The summed E-state index contributed by atoms with van der Waals surface area (Å²) in [4.78, 5) is 72.0. The number of ether oxygens (including phenoxy) is 4. The number of rotatable bonds is 17. The third kappa shape index (κ3) is 16.0. The van der Waals surface area contributed by atoms with Gasteiger partial charge in [-0.25, -0.2) is 19.4 Å². The first-order valence-electron chi connectivity index (χ1n) is 18.9. The summed E-state index contributed by atoms with van der Waals surface area (Å²) in [5, 5.41) is 5.90. The minimum Gasteiger partial charge on any atom is -0.459 e. The molecule has 0 atom stereocenters. The van der Waals surface area contributed by atoms with Gasteiger partial charge < -0.3 is 39.4 Å². The Morgan fingerprint density at radius 2 is 1.47 bits per heavy atom. The first-order valence-corrected chi connectivity index (χ1v) is 18.9. The topological polar surface area (TPSA) is 169 Å². The lowest BCUT2D eigenvalue weighted by molar-refractivity contribution is -0.151. The standard InChI is InChI=1S/C42H58N6O9/c1-28(2)23-48(24-29(3)4)35-19-15-31(22-34(35)45-39(51)44-33-17-13-30(5)14-18-33)16-20-36(49)55-27-56-41(53)47(10)38-32(12-11-21-43-38)26-54-37(50)25-46(9)40(52)57-42(6,7)8/h11-15,17-19,21-22,28-29H,16,20,23-27H2,1-10H3,(H2,44,45,51). The summed E-state index contributed by atoms with van der Waals surface area (Å²) in [5.74, 6) is -0.375. The molecule has 3 aromatic rings. The minimum absolute atomic E-state index is 0.0116. The summed E-state index contributed by atoms with van der Waals surface area (Å²) in [5.41, 5.74) is 3.70. The number of anilines is 4. The van der Waals surface area contributed by atoms with Crippen molar-refractivity contribution < 1.29 is 42.9 Å². The highest BCUT2D eigenvalue weighted by Gasteiger charge is 2.23. The number of nitrogens with zero attached hydrogens (tertiary/aromatic N) is 4. The van der Waals surface area contributed by atoms with Crippen LogP contribution in [0.15, 0.2) is 60.8 Å². The van der Waals surface area contributed by atoms with E-state index < -0.39 is 36.5 Å². The number of hydrogen-bond donors (Lipinski definition) is 2. The summed E-state index contributed by atoms with van der Waals surface area (Å²) in [7, 11) is 2.83. The highest BCUT2D eigenvalue weighted by molar-refractivity contribution is 6.02. The SMILES string of the molecule is Cc1ccc(NC(=O)Nc2cc(CCC(=O)OCOC(=O)N(C)c3ncccc3COC(=O)CN(C)C(=O)OC(C)(C)C)ccc2N(CC(C)C)CC(C)C)cc1. The second-order valence-electron chi connectivity index (χ2n) is 15.6. The highest BCUT2D eigenvalue weighted by atomic mass is 16.7. The zero-order valence-electron chi connectivity index (χ0n) is 34.8. The highest BCUT2D eigenvalue weighted by Crippen LogP contribution is 2.30. The molecule has 0 radical (unpaired) electrons. The fourth-order valence-corrected chi connectivity index (χ4v) is 5.48. The maximum Gasteiger partial charge on any atom is 0.418 e. The van der Waals surface area contributed by atoms with Gasteiger partial charge in [0.05, 0.1) is 11.4 Å². The van der Waals surface area contributed by atoms with Gasteiger partial charge in [0.1, 0.15) is 24.6 Å². The monoisotopic (exact) mass is 790 g/mol. The Bertz CT molecular complexity index is 1820. The second kappa shape index (κ2) is 21.4. The molecule has 15 nitrogen and oxygen atoms in total. The van der Waals surface area contributed by atoms with Crippen molar-refractivity contribution in [1.29, 1.82) is 0 Å². The molecule has 0 bridgehead atoms. The fourth-order valence-electron chi connectivity index (χ4n) is 5.48. The van der Waals surface area contributed by atoms with Crippen molar-refractivity contribution in [3.05, 3.63) is 77.5 Å². The molecule has 0 fully saturated rings. The normalized spacial score (nSPS) is 11.1. The van der Waals surface area contributed by atoms with Crippen molar-refractivity contribution in [2.45, 2.75) is 80.4 Å². The number of benzene rings is 2. The molecule has 1 aromatic heterocycles. The van der Waals surface area contributed by atoms with Gasteiger partial charge in [-0.3, -0.25) is 14.5 Å². The number of aromatic nitrogens is 1. The number of nitrogens with one attached hydrogen (secondary N) is 2. The molecule has 4 amide bonds. The number of pyridine rings is 1. The zero-order chi connectivity index (χ0) is 42.3. The molecule has 0 spiro atoms. The third-order valence-electron chi connectivity index (χ3n) is 8.07. The Morgan fingerprint density at radius 1 is 0.807 bits per heavy atom. The number of amides is 4. The quantitative estimate of drug-likeness (QED) is 0.0779. The molecular weight excluding hydrogens is 732 g/mol.